The zero-order valence-corrected chi connectivity index (χ0v) is 61.1. The van der Waals surface area contributed by atoms with E-state index in [-0.39, 0.29) is 208 Å². The summed E-state index contributed by atoms with van der Waals surface area (Å²) < 4.78 is 6.88. The smallest absolute Gasteiger partial charge is 0.317 e. The molecular weight excluding hydrogens is 1430 g/mol. The molecule has 5 rings (SSSR count). The molecule has 3 saturated heterocycles. The minimum atomic E-state index is -1.67. The highest BCUT2D eigenvalue weighted by molar-refractivity contribution is 6.04. The lowest BCUT2D eigenvalue weighted by molar-refractivity contribution is -0.141. The molecular formula is C67H103N21O21. The van der Waals surface area contributed by atoms with Crippen LogP contribution in [0.25, 0.3) is 0 Å². The van der Waals surface area contributed by atoms with Crippen molar-refractivity contribution in [2.45, 2.75) is 134 Å². The van der Waals surface area contributed by atoms with Crippen LogP contribution in [0.3, 0.4) is 0 Å². The lowest BCUT2D eigenvalue weighted by atomic mass is 10.0. The Morgan fingerprint density at radius 2 is 1.12 bits per heavy atom. The number of unbranched alkanes of at least 4 members (excludes halogenated alkanes) is 2. The van der Waals surface area contributed by atoms with E-state index in [9.17, 15) is 97.1 Å². The third kappa shape index (κ3) is 35.6. The molecule has 109 heavy (non-hydrogen) atoms. The number of ether oxygens (including phenoxy) is 1. The van der Waals surface area contributed by atoms with Crippen LogP contribution in [0.5, 0.6) is 0 Å². The van der Waals surface area contributed by atoms with E-state index >= 15 is 0 Å². The number of carboxylic acids is 4. The maximum atomic E-state index is 14.1. The summed E-state index contributed by atoms with van der Waals surface area (Å²) in [6.45, 7) is 1.22. The van der Waals surface area contributed by atoms with Crippen molar-refractivity contribution in [2.24, 2.45) is 11.7 Å². The van der Waals surface area contributed by atoms with Gasteiger partial charge in [-0.1, -0.05) is 42.5 Å². The quantitative estimate of drug-likeness (QED) is 0.0127. The second kappa shape index (κ2) is 47.7. The van der Waals surface area contributed by atoms with Gasteiger partial charge >= 0.3 is 23.9 Å². The van der Waals surface area contributed by atoms with Crippen LogP contribution in [0, 0.1) is 11.3 Å². The average molecular weight is 1540 g/mol. The summed E-state index contributed by atoms with van der Waals surface area (Å²) >= 11 is 0. The zero-order chi connectivity index (χ0) is 79.8. The van der Waals surface area contributed by atoms with Crippen LogP contribution in [0.2, 0.25) is 0 Å². The Kier molecular flexibility index (Phi) is 38.9. The van der Waals surface area contributed by atoms with E-state index in [0.29, 0.717) is 24.1 Å². The highest BCUT2D eigenvalue weighted by Crippen LogP contribution is 2.19. The van der Waals surface area contributed by atoms with Crippen molar-refractivity contribution in [3.63, 3.8) is 0 Å². The molecule has 3 aliphatic rings. The zero-order valence-electron chi connectivity index (χ0n) is 61.1. The lowest BCUT2D eigenvalue weighted by Gasteiger charge is -2.32. The van der Waals surface area contributed by atoms with E-state index in [0.717, 1.165) is 4.90 Å². The number of carbonyl (C=O) groups is 16. The SMILES string of the molecule is CC1CC(=O)N(CCC(=O)N[C@@H](CCCCNC(=O)Cn2cc(CNC(=O)CN3CCN(CC(=O)O)CCN(CC(=O)O)CCN(CC(=O)O)CC3)nn2)C(=O)NCCOCCC(=O)NCCCC[C@@H]2NC(=O)[C@@H](Cc3ccccc3)NC(=O)[C@H](CC(=O)O)NC(=O)CNC(=O)[C@H](CCCNC(=N)N)NC2=O)C1=O. The van der Waals surface area contributed by atoms with E-state index in [1.54, 1.807) is 56.9 Å². The topological polar surface area (TPSA) is 592 Å². The number of aliphatic carboxylic acids is 4. The third-order valence-corrected chi connectivity index (χ3v) is 17.5. The van der Waals surface area contributed by atoms with Gasteiger partial charge in [-0.2, -0.15) is 0 Å². The molecule has 42 heteroatoms. The predicted molar refractivity (Wildman–Crippen MR) is 382 cm³/mol. The molecule has 0 spiro atoms. The predicted octanol–water partition coefficient (Wildman–Crippen LogP) is -7.21. The Bertz CT molecular complexity index is 3430. The van der Waals surface area contributed by atoms with Gasteiger partial charge in [0.15, 0.2) is 5.96 Å². The number of imide groups is 1. The molecule has 0 aliphatic carbocycles. The molecule has 1 aromatic heterocycles. The molecule has 0 bridgehead atoms. The number of rotatable bonds is 41. The van der Waals surface area contributed by atoms with Gasteiger partial charge in [0.05, 0.1) is 65.1 Å². The van der Waals surface area contributed by atoms with Crippen molar-refractivity contribution >= 4 is 101 Å². The van der Waals surface area contributed by atoms with Crippen molar-refractivity contribution in [3.8, 4) is 0 Å². The fourth-order valence-corrected chi connectivity index (χ4v) is 11.8. The first-order valence-corrected chi connectivity index (χ1v) is 36.0. The molecule has 0 radical (unpaired) electrons. The normalized spacial score (nSPS) is 19.5. The van der Waals surface area contributed by atoms with Crippen LogP contribution >= 0.6 is 0 Å². The van der Waals surface area contributed by atoms with Crippen LogP contribution in [0.15, 0.2) is 36.5 Å². The Morgan fingerprint density at radius 1 is 0.578 bits per heavy atom. The second-order valence-electron chi connectivity index (χ2n) is 26.5. The molecule has 602 valence electrons. The Labute approximate surface area is 628 Å². The van der Waals surface area contributed by atoms with Crippen molar-refractivity contribution in [1.82, 2.24) is 98.0 Å². The maximum Gasteiger partial charge on any atom is 0.317 e. The fraction of sp³-hybridized carbons (Fsp3) is 0.627. The molecule has 1 unspecified atom stereocenters. The largest absolute Gasteiger partial charge is 0.481 e. The van der Waals surface area contributed by atoms with Gasteiger partial charge in [0.2, 0.25) is 70.9 Å². The molecule has 6 atom stereocenters. The Hall–Kier alpha value is -10.8. The van der Waals surface area contributed by atoms with E-state index in [1.165, 1.54) is 10.9 Å². The van der Waals surface area contributed by atoms with Crippen molar-refractivity contribution in [1.29, 1.82) is 5.41 Å². The van der Waals surface area contributed by atoms with E-state index in [4.69, 9.17) is 15.9 Å². The fourth-order valence-electron chi connectivity index (χ4n) is 11.8. The average Bonchev–Trinajstić information content (AvgIpc) is 1.80. The van der Waals surface area contributed by atoms with Gasteiger partial charge in [0, 0.05) is 117 Å². The van der Waals surface area contributed by atoms with Gasteiger partial charge < -0.3 is 89.4 Å². The number of nitrogens with two attached hydrogens (primary N) is 1. The van der Waals surface area contributed by atoms with Gasteiger partial charge in [-0.05, 0) is 56.9 Å². The first kappa shape index (κ1) is 88.8. The minimum absolute atomic E-state index is 0.0138. The first-order chi connectivity index (χ1) is 52.0. The number of nitrogens with zero attached hydrogens (tertiary/aromatic N) is 8. The number of carboxylic acid groups (broad SMARTS) is 4. The molecule has 2 aromatic rings. The number of carbonyl (C=O) groups excluding carboxylic acids is 12. The number of hydrogen-bond donors (Lipinski definition) is 17. The van der Waals surface area contributed by atoms with Gasteiger partial charge in [-0.25, -0.2) is 4.68 Å². The number of nitrogens with one attached hydrogen (secondary N) is 12. The summed E-state index contributed by atoms with van der Waals surface area (Å²) in [4.78, 5) is 214. The summed E-state index contributed by atoms with van der Waals surface area (Å²) in [5.74, 6) is -13.3. The number of aromatic nitrogens is 3. The molecule has 18 N–H and O–H groups in total. The van der Waals surface area contributed by atoms with E-state index < -0.39 is 144 Å². The summed E-state index contributed by atoms with van der Waals surface area (Å²) in [6, 6.07) is 1.69. The van der Waals surface area contributed by atoms with Gasteiger partial charge in [0.1, 0.15) is 42.4 Å². The monoisotopic (exact) mass is 1540 g/mol. The number of guanidine groups is 1. The van der Waals surface area contributed by atoms with Crippen LogP contribution in [-0.4, -0.2) is 322 Å². The van der Waals surface area contributed by atoms with E-state index in [1.807, 2.05) is 0 Å². The molecule has 1 aromatic carbocycles. The summed E-state index contributed by atoms with van der Waals surface area (Å²) in [5.41, 5.74) is 6.30. The van der Waals surface area contributed by atoms with Crippen molar-refractivity contribution in [3.05, 3.63) is 47.8 Å². The van der Waals surface area contributed by atoms with Crippen LogP contribution in [-0.2, 0) is 101 Å². The van der Waals surface area contributed by atoms with E-state index in [2.05, 4.69) is 68.8 Å². The van der Waals surface area contributed by atoms with Crippen molar-refractivity contribution in [2.75, 3.05) is 131 Å². The first-order valence-electron chi connectivity index (χ1n) is 36.0. The van der Waals surface area contributed by atoms with Gasteiger partial charge in [0.25, 0.3) is 0 Å². The molecule has 42 nitrogen and oxygen atoms in total. The molecule has 4 heterocycles. The number of amides is 12. The number of likely N-dealkylation sites (tertiary alicyclic amines) is 1. The number of benzene rings is 1. The van der Waals surface area contributed by atoms with Gasteiger partial charge in [-0.3, -0.25) is 107 Å². The molecule has 12 amide bonds. The minimum Gasteiger partial charge on any atom is -0.481 e. The summed E-state index contributed by atoms with van der Waals surface area (Å²) in [5, 5.41) is 82.3. The Morgan fingerprint density at radius 3 is 1.71 bits per heavy atom. The summed E-state index contributed by atoms with van der Waals surface area (Å²) in [7, 11) is 0. The van der Waals surface area contributed by atoms with Gasteiger partial charge in [-0.15, -0.1) is 5.10 Å². The Balaban J connectivity index is 1.08. The van der Waals surface area contributed by atoms with Crippen molar-refractivity contribution < 1.29 is 102 Å². The highest BCUT2D eigenvalue weighted by Gasteiger charge is 2.37. The third-order valence-electron chi connectivity index (χ3n) is 17.5. The molecule has 3 fully saturated rings. The molecule has 3 aliphatic heterocycles. The standard InChI is InChI=1S/C67H103N21O21/c1-43-32-56(94)88(66(43)108)21-15-52(90)76-46(12-5-8-18-71-55(93)39-87-37-45(81-82-87)35-74-54(92)38-83-22-24-84(40-58(97)98)26-28-86(42-60(101)102)29-27-85(25-23-83)41-59(99)100)61(103)72-20-31-109-30-16-51(89)70-17-7-6-13-48-63(105)78-47(14-9-19-73-67(68)69)62(104)75-36-53(91)77-50(34-57(95)96)65(107)80-49(64(106)79-48)33-44-10-3-2-4-11-44/h2-4,10-11,37,43,46-50H,5-9,12-36,38-42H2,1H3,(H,70,89)(H,71,93)(H,72,103)(H,74,92)(H,75,104)(H,76,90)(H,77,91)(H,78,105)(H,79,106)(H,80,107)(H,95,96)(H,97,98)(H,99,100)(H,101,102)(H4,68,69,73)/t43?,46-,47-,48-,49+,50-/m0/s1. The van der Waals surface area contributed by atoms with Crippen LogP contribution < -0.4 is 64.2 Å². The second-order valence-corrected chi connectivity index (χ2v) is 26.5. The molecule has 0 saturated carbocycles. The maximum absolute atomic E-state index is 14.1. The number of hydrogen-bond acceptors (Lipinski definition) is 24. The van der Waals surface area contributed by atoms with Crippen LogP contribution in [0.4, 0.5) is 0 Å². The highest BCUT2D eigenvalue weighted by atomic mass is 16.5. The summed E-state index contributed by atoms with van der Waals surface area (Å²) in [6.07, 6.45) is 1.48. The lowest BCUT2D eigenvalue weighted by Crippen LogP contribution is -2.58. The van der Waals surface area contributed by atoms with Crippen LogP contribution in [0.1, 0.15) is 95.2 Å².